The van der Waals surface area contributed by atoms with Crippen LogP contribution in [0.25, 0.3) is 33.1 Å². The van der Waals surface area contributed by atoms with E-state index in [9.17, 15) is 10.1 Å². The van der Waals surface area contributed by atoms with Gasteiger partial charge in [-0.3, -0.25) is 14.8 Å². The van der Waals surface area contributed by atoms with Crippen molar-refractivity contribution in [2.45, 2.75) is 13.5 Å². The number of hydrogen-bond donors (Lipinski definition) is 2. The summed E-state index contributed by atoms with van der Waals surface area (Å²) >= 11 is 0. The first kappa shape index (κ1) is 16.8. The number of para-hydroxylation sites is 1. The van der Waals surface area contributed by atoms with E-state index in [1.54, 1.807) is 0 Å². The van der Waals surface area contributed by atoms with E-state index in [1.807, 2.05) is 36.4 Å². The third-order valence-electron chi connectivity index (χ3n) is 4.89. The molecule has 0 aliphatic rings. The maximum Gasteiger partial charge on any atom is 0.273 e. The smallest absolute Gasteiger partial charge is 0.273 e. The molecule has 4 rings (SSSR count). The minimum atomic E-state index is -0.438. The molecule has 27 heavy (non-hydrogen) atoms. The van der Waals surface area contributed by atoms with Gasteiger partial charge in [0.25, 0.3) is 5.56 Å². The standard InChI is InChI=1S/C20H18N6O/c1-3-26-16-7-5-4-6-13(16)14-10-12(8-9-17(14)26)18-15(11-21)19(27)25(2)20(23-18)24-22/h4-10H,3,22H2,1-2H3,(H,23,24). The third-order valence-corrected chi connectivity index (χ3v) is 4.89. The van der Waals surface area contributed by atoms with Crippen LogP contribution in [-0.4, -0.2) is 14.1 Å². The van der Waals surface area contributed by atoms with Crippen LogP contribution in [-0.2, 0) is 13.6 Å². The van der Waals surface area contributed by atoms with Crippen LogP contribution >= 0.6 is 0 Å². The molecule has 0 saturated heterocycles. The van der Waals surface area contributed by atoms with Crippen molar-refractivity contribution in [2.75, 3.05) is 5.43 Å². The predicted molar refractivity (Wildman–Crippen MR) is 106 cm³/mol. The number of aromatic nitrogens is 3. The minimum Gasteiger partial charge on any atom is -0.341 e. The van der Waals surface area contributed by atoms with Gasteiger partial charge in [-0.2, -0.15) is 5.26 Å². The molecule has 0 bridgehead atoms. The number of anilines is 1. The van der Waals surface area contributed by atoms with E-state index in [0.29, 0.717) is 11.3 Å². The number of fused-ring (bicyclic) bond motifs is 3. The molecule has 0 aliphatic carbocycles. The molecule has 3 N–H and O–H groups in total. The van der Waals surface area contributed by atoms with Gasteiger partial charge >= 0.3 is 0 Å². The largest absolute Gasteiger partial charge is 0.341 e. The molecule has 0 aliphatic heterocycles. The van der Waals surface area contributed by atoms with Gasteiger partial charge in [0.15, 0.2) is 0 Å². The zero-order valence-electron chi connectivity index (χ0n) is 15.0. The van der Waals surface area contributed by atoms with Crippen molar-refractivity contribution in [1.29, 1.82) is 5.26 Å². The lowest BCUT2D eigenvalue weighted by molar-refractivity contribution is 0.825. The zero-order valence-corrected chi connectivity index (χ0v) is 15.0. The average Bonchev–Trinajstić information content (AvgIpc) is 3.02. The van der Waals surface area contributed by atoms with Crippen LogP contribution < -0.4 is 16.8 Å². The van der Waals surface area contributed by atoms with Gasteiger partial charge in [0.2, 0.25) is 5.95 Å². The van der Waals surface area contributed by atoms with Gasteiger partial charge in [0.05, 0.1) is 5.69 Å². The molecule has 4 aromatic rings. The van der Waals surface area contributed by atoms with Crippen LogP contribution in [0.5, 0.6) is 0 Å². The highest BCUT2D eigenvalue weighted by molar-refractivity contribution is 6.09. The Morgan fingerprint density at radius 2 is 1.93 bits per heavy atom. The highest BCUT2D eigenvalue weighted by atomic mass is 16.1. The molecule has 0 spiro atoms. The molecule has 0 fully saturated rings. The lowest BCUT2D eigenvalue weighted by Crippen LogP contribution is -2.27. The number of hydrazine groups is 1. The van der Waals surface area contributed by atoms with E-state index < -0.39 is 5.56 Å². The Labute approximate surface area is 155 Å². The van der Waals surface area contributed by atoms with E-state index >= 15 is 0 Å². The second kappa shape index (κ2) is 6.27. The molecule has 2 aromatic heterocycles. The number of nitrogen functional groups attached to an aromatic ring is 1. The van der Waals surface area contributed by atoms with E-state index in [1.165, 1.54) is 11.6 Å². The van der Waals surface area contributed by atoms with E-state index in [-0.39, 0.29) is 11.5 Å². The van der Waals surface area contributed by atoms with Crippen LogP contribution in [0.4, 0.5) is 5.95 Å². The number of aryl methyl sites for hydroxylation is 1. The van der Waals surface area contributed by atoms with Crippen LogP contribution in [0.3, 0.4) is 0 Å². The molecule has 2 heterocycles. The fourth-order valence-electron chi connectivity index (χ4n) is 3.58. The van der Waals surface area contributed by atoms with Crippen LogP contribution in [0, 0.1) is 11.3 Å². The molecule has 0 radical (unpaired) electrons. The normalized spacial score (nSPS) is 11.0. The molecule has 134 valence electrons. The summed E-state index contributed by atoms with van der Waals surface area (Å²) < 4.78 is 3.47. The maximum atomic E-state index is 12.5. The van der Waals surface area contributed by atoms with E-state index in [4.69, 9.17) is 5.84 Å². The number of nitriles is 1. The summed E-state index contributed by atoms with van der Waals surface area (Å²) in [6.07, 6.45) is 0. The van der Waals surface area contributed by atoms with Crippen molar-refractivity contribution >= 4 is 27.8 Å². The number of benzene rings is 2. The molecular formula is C20H18N6O. The Morgan fingerprint density at radius 1 is 1.19 bits per heavy atom. The van der Waals surface area contributed by atoms with Gasteiger partial charge in [0, 0.05) is 41.0 Å². The summed E-state index contributed by atoms with van der Waals surface area (Å²) in [6, 6.07) is 16.0. The number of rotatable bonds is 3. The fraction of sp³-hybridized carbons (Fsp3) is 0.150. The Morgan fingerprint density at radius 3 is 2.63 bits per heavy atom. The molecule has 0 saturated carbocycles. The number of hydrogen-bond acceptors (Lipinski definition) is 5. The summed E-state index contributed by atoms with van der Waals surface area (Å²) in [5.41, 5.74) is 5.24. The van der Waals surface area contributed by atoms with Gasteiger partial charge in [-0.1, -0.05) is 24.3 Å². The Bertz CT molecular complexity index is 1290. The number of nitrogens with two attached hydrogens (primary N) is 1. The maximum absolute atomic E-state index is 12.5. The summed E-state index contributed by atoms with van der Waals surface area (Å²) in [4.78, 5) is 16.9. The first-order valence-electron chi connectivity index (χ1n) is 8.59. The number of nitrogens with one attached hydrogen (secondary N) is 1. The van der Waals surface area contributed by atoms with Crippen LogP contribution in [0.1, 0.15) is 12.5 Å². The molecule has 0 unspecified atom stereocenters. The van der Waals surface area contributed by atoms with Crippen molar-refractivity contribution in [1.82, 2.24) is 14.1 Å². The molecule has 2 aromatic carbocycles. The minimum absolute atomic E-state index is 0.00456. The molecule has 7 heteroatoms. The second-order valence-corrected chi connectivity index (χ2v) is 6.27. The monoisotopic (exact) mass is 358 g/mol. The van der Waals surface area contributed by atoms with Gasteiger partial charge < -0.3 is 4.57 Å². The van der Waals surface area contributed by atoms with Crippen molar-refractivity contribution in [3.8, 4) is 17.3 Å². The lowest BCUT2D eigenvalue weighted by Gasteiger charge is -2.11. The molecule has 0 atom stereocenters. The van der Waals surface area contributed by atoms with E-state index in [2.05, 4.69) is 34.0 Å². The van der Waals surface area contributed by atoms with Crippen molar-refractivity contribution in [2.24, 2.45) is 12.9 Å². The predicted octanol–water partition coefficient (Wildman–Crippen LogP) is 2.73. The van der Waals surface area contributed by atoms with Crippen molar-refractivity contribution in [3.05, 3.63) is 58.4 Å². The van der Waals surface area contributed by atoms with Gasteiger partial charge in [-0.25, -0.2) is 10.8 Å². The summed E-state index contributed by atoms with van der Waals surface area (Å²) in [5.74, 6) is 5.69. The van der Waals surface area contributed by atoms with E-state index in [0.717, 1.165) is 28.4 Å². The second-order valence-electron chi connectivity index (χ2n) is 6.27. The van der Waals surface area contributed by atoms with Gasteiger partial charge in [-0.05, 0) is 25.1 Å². The molecule has 0 amide bonds. The van der Waals surface area contributed by atoms with Crippen molar-refractivity contribution in [3.63, 3.8) is 0 Å². The quantitative estimate of drug-likeness (QED) is 0.433. The van der Waals surface area contributed by atoms with Gasteiger partial charge in [-0.15, -0.1) is 0 Å². The van der Waals surface area contributed by atoms with Crippen molar-refractivity contribution < 1.29 is 0 Å². The van der Waals surface area contributed by atoms with Crippen LogP contribution in [0.2, 0.25) is 0 Å². The third kappa shape index (κ3) is 2.39. The summed E-state index contributed by atoms with van der Waals surface area (Å²) in [7, 11) is 1.52. The van der Waals surface area contributed by atoms with Crippen LogP contribution in [0.15, 0.2) is 47.3 Å². The Kier molecular flexibility index (Phi) is 3.90. The highest BCUT2D eigenvalue weighted by Crippen LogP contribution is 2.32. The first-order chi connectivity index (χ1) is 13.1. The first-order valence-corrected chi connectivity index (χ1v) is 8.59. The fourth-order valence-corrected chi connectivity index (χ4v) is 3.58. The zero-order chi connectivity index (χ0) is 19.1. The molecular weight excluding hydrogens is 340 g/mol. The topological polar surface area (TPSA) is 102 Å². The van der Waals surface area contributed by atoms with Gasteiger partial charge in [0.1, 0.15) is 11.6 Å². The number of nitrogens with zero attached hydrogens (tertiary/aromatic N) is 4. The summed E-state index contributed by atoms with van der Waals surface area (Å²) in [5, 5.41) is 11.7. The lowest BCUT2D eigenvalue weighted by atomic mass is 10.0. The SMILES string of the molecule is CCn1c2ccccc2c2cc(-c3nc(NN)n(C)c(=O)c3C#N)ccc21. The summed E-state index contributed by atoms with van der Waals surface area (Å²) in [6.45, 7) is 2.95. The highest BCUT2D eigenvalue weighted by Gasteiger charge is 2.17. The average molecular weight is 358 g/mol. The molecule has 7 nitrogen and oxygen atoms in total. The Hall–Kier alpha value is -3.63. The Balaban J connectivity index is 2.07.